The van der Waals surface area contributed by atoms with E-state index < -0.39 is 0 Å². The van der Waals surface area contributed by atoms with E-state index in [0.29, 0.717) is 12.1 Å². The summed E-state index contributed by atoms with van der Waals surface area (Å²) in [5.74, 6) is 0. The van der Waals surface area contributed by atoms with E-state index in [-0.39, 0.29) is 0 Å². The van der Waals surface area contributed by atoms with E-state index in [4.69, 9.17) is 0 Å². The second-order valence-corrected chi connectivity index (χ2v) is 14.1. The lowest BCUT2D eigenvalue weighted by atomic mass is 9.98. The molecule has 6 rings (SSSR count). The van der Waals surface area contributed by atoms with Crippen LogP contribution in [0.1, 0.15) is 113 Å². The predicted molar refractivity (Wildman–Crippen MR) is 197 cm³/mol. The Balaban J connectivity index is 0.971. The highest BCUT2D eigenvalue weighted by Crippen LogP contribution is 2.50. The fraction of sp³-hybridized carbons (Fsp3) is 0.455. The molecule has 0 bridgehead atoms. The molecular formula is C44H58N2+2. The zero-order valence-electron chi connectivity index (χ0n) is 29.2. The Morgan fingerprint density at radius 1 is 0.348 bits per heavy atom. The zero-order chi connectivity index (χ0) is 32.0. The molecule has 46 heavy (non-hydrogen) atoms. The molecule has 0 spiro atoms. The van der Waals surface area contributed by atoms with Crippen LogP contribution in [-0.4, -0.2) is 48.2 Å². The molecule has 2 aliphatic carbocycles. The molecule has 4 aromatic carbocycles. The summed E-state index contributed by atoms with van der Waals surface area (Å²) in [5.41, 5.74) is 12.0. The van der Waals surface area contributed by atoms with Gasteiger partial charge in [0.2, 0.25) is 0 Å². The number of unbranched alkanes of at least 4 members (excludes halogenated alkanes) is 7. The Labute approximate surface area is 280 Å². The number of benzene rings is 4. The lowest BCUT2D eigenvalue weighted by Crippen LogP contribution is -2.51. The van der Waals surface area contributed by atoms with Crippen molar-refractivity contribution in [2.45, 2.75) is 91.1 Å². The molecule has 0 N–H and O–H groups in total. The lowest BCUT2D eigenvalue weighted by Gasteiger charge is -2.43. The van der Waals surface area contributed by atoms with E-state index in [1.807, 2.05) is 0 Å². The molecule has 0 atom stereocenters. The van der Waals surface area contributed by atoms with Crippen LogP contribution in [0.3, 0.4) is 0 Å². The van der Waals surface area contributed by atoms with Gasteiger partial charge in [0, 0.05) is 22.3 Å². The smallest absolute Gasteiger partial charge is 0.142 e. The summed E-state index contributed by atoms with van der Waals surface area (Å²) < 4.78 is 2.36. The van der Waals surface area contributed by atoms with Gasteiger partial charge >= 0.3 is 0 Å². The van der Waals surface area contributed by atoms with E-state index >= 15 is 0 Å². The number of hydrogen-bond donors (Lipinski definition) is 0. The van der Waals surface area contributed by atoms with Crippen molar-refractivity contribution >= 4 is 0 Å². The van der Waals surface area contributed by atoms with Crippen LogP contribution < -0.4 is 0 Å². The first-order chi connectivity index (χ1) is 22.6. The van der Waals surface area contributed by atoms with Gasteiger partial charge in [-0.05, 0) is 75.6 Å². The maximum atomic E-state index is 2.42. The monoisotopic (exact) mass is 614 g/mol. The third-order valence-corrected chi connectivity index (χ3v) is 12.2. The summed E-state index contributed by atoms with van der Waals surface area (Å²) >= 11 is 0. The highest BCUT2D eigenvalue weighted by atomic mass is 15.4. The van der Waals surface area contributed by atoms with Gasteiger partial charge in [-0.25, -0.2) is 0 Å². The minimum absolute atomic E-state index is 0.477. The topological polar surface area (TPSA) is 0 Å². The van der Waals surface area contributed by atoms with Crippen LogP contribution in [0.25, 0.3) is 22.3 Å². The average Bonchev–Trinajstić information content (AvgIpc) is 3.64. The summed E-state index contributed by atoms with van der Waals surface area (Å²) in [5, 5.41) is 0. The molecule has 0 heterocycles. The van der Waals surface area contributed by atoms with Crippen molar-refractivity contribution in [1.29, 1.82) is 0 Å². The number of fused-ring (bicyclic) bond motifs is 6. The van der Waals surface area contributed by atoms with Gasteiger partial charge in [-0.1, -0.05) is 123 Å². The second-order valence-electron chi connectivity index (χ2n) is 14.1. The van der Waals surface area contributed by atoms with Gasteiger partial charge in [-0.2, -0.15) is 0 Å². The highest BCUT2D eigenvalue weighted by molar-refractivity contribution is 5.79. The van der Waals surface area contributed by atoms with E-state index in [0.717, 1.165) is 0 Å². The normalized spacial score (nSPS) is 14.3. The Morgan fingerprint density at radius 2 is 0.587 bits per heavy atom. The molecule has 242 valence electrons. The van der Waals surface area contributed by atoms with Crippen LogP contribution in [0.5, 0.6) is 0 Å². The summed E-state index contributed by atoms with van der Waals surface area (Å²) in [6.45, 7) is 17.0. The van der Waals surface area contributed by atoms with Gasteiger partial charge in [0.15, 0.2) is 0 Å². The van der Waals surface area contributed by atoms with Crippen molar-refractivity contribution in [3.63, 3.8) is 0 Å². The van der Waals surface area contributed by atoms with E-state index in [2.05, 4.69) is 125 Å². The summed E-state index contributed by atoms with van der Waals surface area (Å²) in [6, 6.07) is 37.7. The van der Waals surface area contributed by atoms with Gasteiger partial charge < -0.3 is 8.97 Å². The molecule has 0 saturated heterocycles. The second kappa shape index (κ2) is 14.7. The third-order valence-electron chi connectivity index (χ3n) is 12.2. The Morgan fingerprint density at radius 3 is 0.848 bits per heavy atom. The lowest BCUT2D eigenvalue weighted by molar-refractivity contribution is -0.948. The van der Waals surface area contributed by atoms with Crippen molar-refractivity contribution in [3.05, 3.63) is 119 Å². The van der Waals surface area contributed by atoms with Crippen LogP contribution in [0, 0.1) is 0 Å². The summed E-state index contributed by atoms with van der Waals surface area (Å²) in [4.78, 5) is 0. The molecule has 0 unspecified atom stereocenters. The van der Waals surface area contributed by atoms with E-state index in [1.165, 1.54) is 122 Å². The molecule has 0 saturated carbocycles. The van der Waals surface area contributed by atoms with Crippen molar-refractivity contribution in [3.8, 4) is 22.3 Å². The van der Waals surface area contributed by atoms with Crippen LogP contribution >= 0.6 is 0 Å². The zero-order valence-corrected chi connectivity index (χ0v) is 29.2. The summed E-state index contributed by atoms with van der Waals surface area (Å²) in [6.07, 6.45) is 10.9. The fourth-order valence-electron chi connectivity index (χ4n) is 9.42. The van der Waals surface area contributed by atoms with Gasteiger partial charge in [-0.3, -0.25) is 0 Å². The maximum absolute atomic E-state index is 2.42. The number of nitrogens with zero attached hydrogens (tertiary/aromatic N) is 2. The molecule has 2 nitrogen and oxygen atoms in total. The Bertz CT molecular complexity index is 1370. The van der Waals surface area contributed by atoms with E-state index in [9.17, 15) is 0 Å². The van der Waals surface area contributed by atoms with Crippen LogP contribution in [0.2, 0.25) is 0 Å². The molecule has 0 amide bonds. The number of quaternary nitrogens is 2. The van der Waals surface area contributed by atoms with Gasteiger partial charge in [0.25, 0.3) is 0 Å². The first-order valence-corrected chi connectivity index (χ1v) is 18.7. The minimum Gasteiger partial charge on any atom is -0.314 e. The van der Waals surface area contributed by atoms with Gasteiger partial charge in [0.1, 0.15) is 12.1 Å². The van der Waals surface area contributed by atoms with Gasteiger partial charge in [-0.15, -0.1) is 0 Å². The Hall–Kier alpha value is -3.20. The van der Waals surface area contributed by atoms with Crippen molar-refractivity contribution in [2.24, 2.45) is 0 Å². The van der Waals surface area contributed by atoms with E-state index in [1.54, 1.807) is 22.3 Å². The number of hydrogen-bond acceptors (Lipinski definition) is 0. The third kappa shape index (κ3) is 6.00. The standard InChI is InChI=1S/C44H58N2/c1-5-45(6-2,43-39-29-19-15-25-35(39)36-26-16-20-30-40(36)43)33-23-13-11-9-10-12-14-24-34-46(7-3,8-4)44-41-31-21-17-27-37(41)38-28-18-22-32-42(38)44/h15-22,25-32,43-44H,5-14,23-24,33-34H2,1-4H3/q+2. The van der Waals surface area contributed by atoms with Crippen LogP contribution in [0.4, 0.5) is 0 Å². The predicted octanol–water partition coefficient (Wildman–Crippen LogP) is 11.4. The first kappa shape index (κ1) is 32.7. The van der Waals surface area contributed by atoms with Crippen LogP contribution in [0.15, 0.2) is 97.1 Å². The quantitative estimate of drug-likeness (QED) is 0.0820. The summed E-state index contributed by atoms with van der Waals surface area (Å²) in [7, 11) is 0. The van der Waals surface area contributed by atoms with Crippen LogP contribution in [-0.2, 0) is 0 Å². The minimum atomic E-state index is 0.477. The molecule has 2 aliphatic rings. The van der Waals surface area contributed by atoms with Crippen molar-refractivity contribution in [1.82, 2.24) is 0 Å². The average molecular weight is 615 g/mol. The fourth-order valence-corrected chi connectivity index (χ4v) is 9.42. The highest BCUT2D eigenvalue weighted by Gasteiger charge is 2.43. The molecule has 0 radical (unpaired) electrons. The molecule has 0 fully saturated rings. The molecular weight excluding hydrogens is 556 g/mol. The molecule has 0 aromatic heterocycles. The van der Waals surface area contributed by atoms with Crippen molar-refractivity contribution in [2.75, 3.05) is 39.3 Å². The molecule has 2 heteroatoms. The molecule has 4 aromatic rings. The van der Waals surface area contributed by atoms with Gasteiger partial charge in [0.05, 0.1) is 39.3 Å². The first-order valence-electron chi connectivity index (χ1n) is 18.7. The molecule has 0 aliphatic heterocycles. The number of rotatable bonds is 17. The Kier molecular flexibility index (Phi) is 10.5. The largest absolute Gasteiger partial charge is 0.314 e. The van der Waals surface area contributed by atoms with Crippen molar-refractivity contribution < 1.29 is 8.97 Å². The maximum Gasteiger partial charge on any atom is 0.142 e. The SMILES string of the molecule is CC[N+](CC)(CCCCCCCCCC[N+](CC)(CC)C1c2ccccc2-c2ccccc21)C1c2ccccc2-c2ccccc21.